The summed E-state index contributed by atoms with van der Waals surface area (Å²) >= 11 is 6.36. The third-order valence-corrected chi connectivity index (χ3v) is 6.26. The number of ether oxygens (including phenoxy) is 1. The minimum Gasteiger partial charge on any atom is -0.481 e. The number of pyridine rings is 1. The van der Waals surface area contributed by atoms with Crippen LogP contribution in [-0.2, 0) is 11.2 Å². The Morgan fingerprint density at radius 1 is 1.17 bits per heavy atom. The van der Waals surface area contributed by atoms with Gasteiger partial charge in [0.2, 0.25) is 5.88 Å². The third kappa shape index (κ3) is 5.75. The molecule has 2 aromatic heterocycles. The molecule has 0 bridgehead atoms. The second-order valence-corrected chi connectivity index (χ2v) is 9.57. The summed E-state index contributed by atoms with van der Waals surface area (Å²) in [4.78, 5) is 39.8. The van der Waals surface area contributed by atoms with Crippen LogP contribution in [0.2, 0.25) is 5.02 Å². The van der Waals surface area contributed by atoms with Crippen LogP contribution in [0.3, 0.4) is 0 Å². The fourth-order valence-electron chi connectivity index (χ4n) is 3.45. The van der Waals surface area contributed by atoms with Gasteiger partial charge in [-0.2, -0.15) is 18.2 Å². The maximum absolute atomic E-state index is 13.2. The van der Waals surface area contributed by atoms with E-state index >= 15 is 0 Å². The van der Waals surface area contributed by atoms with Gasteiger partial charge in [-0.1, -0.05) is 31.5 Å². The number of aromatic amines is 1. The number of aryl methyl sites for hydroxylation is 1. The number of halogens is 4. The number of nitrogens with one attached hydrogen (secondary N) is 1. The Morgan fingerprint density at radius 2 is 1.86 bits per heavy atom. The molecule has 0 spiro atoms. The van der Waals surface area contributed by atoms with Crippen molar-refractivity contribution in [2.45, 2.75) is 52.6 Å². The number of hydrogen-bond donors (Lipinski definition) is 1. The number of Topliss-reactive ketones (excluding diaryl/α,β-unsaturated/α-hetero) is 1. The first-order chi connectivity index (χ1) is 16.7. The number of nitrogens with zero attached hydrogens (tertiary/aromatic N) is 3. The van der Waals surface area contributed by atoms with Gasteiger partial charge in [-0.3, -0.25) is 9.78 Å². The van der Waals surface area contributed by atoms with E-state index in [4.69, 9.17) is 16.3 Å². The van der Waals surface area contributed by atoms with Crippen LogP contribution in [0, 0.1) is 5.41 Å². The summed E-state index contributed by atoms with van der Waals surface area (Å²) in [5, 5.41) is 0.261. The normalized spacial score (nSPS) is 12.2. The van der Waals surface area contributed by atoms with Gasteiger partial charge in [0.1, 0.15) is 17.0 Å². The second-order valence-electron chi connectivity index (χ2n) is 9.16. The maximum atomic E-state index is 13.2. The lowest BCUT2D eigenvalue weighted by atomic mass is 9.84. The van der Waals surface area contributed by atoms with Crippen LogP contribution >= 0.6 is 11.6 Å². The molecule has 7 nitrogen and oxygen atoms in total. The van der Waals surface area contributed by atoms with Gasteiger partial charge >= 0.3 is 11.9 Å². The molecule has 2 heterocycles. The molecule has 0 aliphatic rings. The van der Waals surface area contributed by atoms with Crippen LogP contribution in [0.5, 0.6) is 5.88 Å². The van der Waals surface area contributed by atoms with Gasteiger partial charge in [0, 0.05) is 29.3 Å². The van der Waals surface area contributed by atoms with Crippen LogP contribution in [0.25, 0.3) is 22.8 Å². The van der Waals surface area contributed by atoms with Gasteiger partial charge in [0.05, 0.1) is 12.1 Å². The van der Waals surface area contributed by atoms with Gasteiger partial charge < -0.3 is 4.74 Å². The maximum Gasteiger partial charge on any atom is 0.400 e. The van der Waals surface area contributed by atoms with Crippen molar-refractivity contribution in [3.8, 4) is 28.7 Å². The highest BCUT2D eigenvalue weighted by Crippen LogP contribution is 2.39. The van der Waals surface area contributed by atoms with Crippen molar-refractivity contribution >= 4 is 17.4 Å². The summed E-state index contributed by atoms with van der Waals surface area (Å²) in [5.74, 6) is -0.130. The number of rotatable bonds is 8. The Kier molecular flexibility index (Phi) is 7.88. The lowest BCUT2D eigenvalue weighted by molar-refractivity contribution is -0.210. The van der Waals surface area contributed by atoms with E-state index in [2.05, 4.69) is 19.9 Å². The van der Waals surface area contributed by atoms with E-state index in [0.717, 1.165) is 19.4 Å². The molecule has 0 unspecified atom stereocenters. The number of benzene rings is 1. The second kappa shape index (κ2) is 10.4. The summed E-state index contributed by atoms with van der Waals surface area (Å²) in [7, 11) is 1.52. The minimum absolute atomic E-state index is 0.0604. The van der Waals surface area contributed by atoms with Gasteiger partial charge in [0.15, 0.2) is 5.82 Å². The molecule has 0 amide bonds. The first-order valence-electron chi connectivity index (χ1n) is 11.2. The summed E-state index contributed by atoms with van der Waals surface area (Å²) < 4.78 is 44.8. The molecular weight excluding hydrogens is 497 g/mol. The van der Waals surface area contributed by atoms with E-state index in [0.29, 0.717) is 22.6 Å². The zero-order valence-corrected chi connectivity index (χ0v) is 21.2. The average molecular weight is 523 g/mol. The SMILES string of the molecule is COc1ncc(-c2nc(-c3cc(CCC(=O)C(C)(C)C(F)(F)F)ccc3Cl)[nH]c(=O)n2)cc1C(C)C. The van der Waals surface area contributed by atoms with Gasteiger partial charge in [0.25, 0.3) is 0 Å². The van der Waals surface area contributed by atoms with Crippen LogP contribution in [0.1, 0.15) is 51.2 Å². The van der Waals surface area contributed by atoms with E-state index < -0.39 is 23.1 Å². The first kappa shape index (κ1) is 27.3. The predicted octanol–water partition coefficient (Wildman–Crippen LogP) is 5.77. The number of alkyl halides is 3. The standard InChI is InChI=1S/C25H26ClF3N4O3/c1-13(2)16-11-15(12-30-22(16)36-5)20-31-21(33-23(35)32-20)17-10-14(6-8-18(17)26)7-9-19(34)24(3,4)25(27,28)29/h6,8,10-13H,7,9H2,1-5H3,(H,31,32,33,35). The quantitative estimate of drug-likeness (QED) is 0.403. The number of ketones is 1. The molecule has 0 saturated heterocycles. The molecule has 11 heteroatoms. The lowest BCUT2D eigenvalue weighted by Crippen LogP contribution is -2.39. The number of carbonyl (C=O) groups excluding carboxylic acids is 1. The molecule has 3 aromatic rings. The Balaban J connectivity index is 1.95. The molecule has 0 aliphatic heterocycles. The Morgan fingerprint density at radius 3 is 2.47 bits per heavy atom. The predicted molar refractivity (Wildman–Crippen MR) is 130 cm³/mol. The molecule has 0 atom stereocenters. The van der Waals surface area contributed by atoms with Gasteiger partial charge in [-0.15, -0.1) is 0 Å². The Hall–Kier alpha value is -3.27. The highest BCUT2D eigenvalue weighted by atomic mass is 35.5. The van der Waals surface area contributed by atoms with Crippen molar-refractivity contribution in [1.82, 2.24) is 19.9 Å². The van der Waals surface area contributed by atoms with E-state index in [1.54, 1.807) is 18.2 Å². The molecule has 0 saturated carbocycles. The monoisotopic (exact) mass is 522 g/mol. The number of aromatic nitrogens is 4. The summed E-state index contributed by atoms with van der Waals surface area (Å²) in [6.45, 7) is 5.68. The number of carbonyl (C=O) groups is 1. The first-order valence-corrected chi connectivity index (χ1v) is 11.5. The van der Waals surface area contributed by atoms with Crippen molar-refractivity contribution in [3.05, 3.63) is 57.1 Å². The van der Waals surface area contributed by atoms with Crippen molar-refractivity contribution in [1.29, 1.82) is 0 Å². The molecule has 36 heavy (non-hydrogen) atoms. The van der Waals surface area contributed by atoms with Crippen molar-refractivity contribution in [2.75, 3.05) is 7.11 Å². The highest BCUT2D eigenvalue weighted by molar-refractivity contribution is 6.33. The average Bonchev–Trinajstić information content (AvgIpc) is 2.81. The van der Waals surface area contributed by atoms with Crippen LogP contribution < -0.4 is 10.4 Å². The van der Waals surface area contributed by atoms with Crippen LogP contribution in [0.15, 0.2) is 35.3 Å². The number of H-pyrrole nitrogens is 1. The molecule has 1 aromatic carbocycles. The molecule has 1 N–H and O–H groups in total. The van der Waals surface area contributed by atoms with E-state index in [1.807, 2.05) is 13.8 Å². The Labute approximate surface area is 211 Å². The largest absolute Gasteiger partial charge is 0.481 e. The minimum atomic E-state index is -4.64. The summed E-state index contributed by atoms with van der Waals surface area (Å²) in [6, 6.07) is 6.53. The Bertz CT molecular complexity index is 1340. The van der Waals surface area contributed by atoms with Gasteiger partial charge in [-0.05, 0) is 49.9 Å². The smallest absolute Gasteiger partial charge is 0.400 e. The van der Waals surface area contributed by atoms with E-state index in [1.165, 1.54) is 19.4 Å². The molecule has 192 valence electrons. The highest BCUT2D eigenvalue weighted by Gasteiger charge is 2.51. The van der Waals surface area contributed by atoms with E-state index in [9.17, 15) is 22.8 Å². The fourth-order valence-corrected chi connectivity index (χ4v) is 3.66. The van der Waals surface area contributed by atoms with Crippen molar-refractivity contribution in [2.24, 2.45) is 5.41 Å². The lowest BCUT2D eigenvalue weighted by Gasteiger charge is -2.26. The topological polar surface area (TPSA) is 97.8 Å². The molecule has 0 radical (unpaired) electrons. The third-order valence-electron chi connectivity index (χ3n) is 5.94. The van der Waals surface area contributed by atoms with Crippen molar-refractivity contribution in [3.63, 3.8) is 0 Å². The molecule has 3 rings (SSSR count). The fraction of sp³-hybridized carbons (Fsp3) is 0.400. The van der Waals surface area contributed by atoms with Crippen LogP contribution in [-0.4, -0.2) is 39.0 Å². The molecular formula is C25H26ClF3N4O3. The zero-order chi connectivity index (χ0) is 26.8. The zero-order valence-electron chi connectivity index (χ0n) is 20.5. The van der Waals surface area contributed by atoms with Crippen molar-refractivity contribution < 1.29 is 22.7 Å². The molecule has 0 aliphatic carbocycles. The number of methoxy groups -OCH3 is 1. The van der Waals surface area contributed by atoms with E-state index in [-0.39, 0.29) is 35.4 Å². The molecule has 0 fully saturated rings. The number of hydrogen-bond acceptors (Lipinski definition) is 6. The van der Waals surface area contributed by atoms with Crippen LogP contribution in [0.4, 0.5) is 13.2 Å². The summed E-state index contributed by atoms with van der Waals surface area (Å²) in [6.07, 6.45) is -3.40. The summed E-state index contributed by atoms with van der Waals surface area (Å²) in [5.41, 5.74) is -0.888. The van der Waals surface area contributed by atoms with Gasteiger partial charge in [-0.25, -0.2) is 14.8 Å².